The van der Waals surface area contributed by atoms with E-state index in [1.807, 2.05) is 6.07 Å². The Morgan fingerprint density at radius 3 is 2.85 bits per heavy atom. The average molecular weight is 213 g/mol. The van der Waals surface area contributed by atoms with E-state index in [4.69, 9.17) is 11.6 Å². The maximum Gasteiger partial charge on any atom is 0.149 e. The summed E-state index contributed by atoms with van der Waals surface area (Å²) in [5.41, 5.74) is 0.920. The van der Waals surface area contributed by atoms with Crippen molar-refractivity contribution in [2.75, 3.05) is 0 Å². The smallest absolute Gasteiger partial charge is 0.149 e. The van der Waals surface area contributed by atoms with Gasteiger partial charge in [-0.15, -0.1) is 21.8 Å². The topological polar surface area (TPSA) is 51.6 Å². The van der Waals surface area contributed by atoms with Crippen molar-refractivity contribution in [2.24, 2.45) is 0 Å². The number of halogens is 1. The first-order valence-electron chi connectivity index (χ1n) is 3.55. The molecule has 0 amide bonds. The zero-order valence-electron chi connectivity index (χ0n) is 6.51. The molecule has 0 saturated heterocycles. The second-order valence-electron chi connectivity index (χ2n) is 2.27. The van der Waals surface area contributed by atoms with Gasteiger partial charge in [-0.05, 0) is 6.07 Å². The summed E-state index contributed by atoms with van der Waals surface area (Å²) in [5.74, 6) is 0.399. The number of aromatic nitrogens is 4. The Bertz CT molecular complexity index is 388. The molecule has 2 aromatic rings. The SMILES string of the molecule is ClCc1nnc(-c2ccnnc2)s1. The molecule has 0 aliphatic rings. The van der Waals surface area contributed by atoms with Gasteiger partial charge in [-0.1, -0.05) is 11.3 Å². The minimum atomic E-state index is 0.399. The third-order valence-corrected chi connectivity index (χ3v) is 2.80. The molecule has 0 unspecified atom stereocenters. The molecule has 66 valence electrons. The number of hydrogen-bond acceptors (Lipinski definition) is 5. The molecule has 4 nitrogen and oxygen atoms in total. The molecule has 2 rings (SSSR count). The third kappa shape index (κ3) is 1.81. The summed E-state index contributed by atoms with van der Waals surface area (Å²) in [6, 6.07) is 1.84. The molecule has 0 atom stereocenters. The summed E-state index contributed by atoms with van der Waals surface area (Å²) in [7, 11) is 0. The van der Waals surface area contributed by atoms with Gasteiger partial charge < -0.3 is 0 Å². The summed E-state index contributed by atoms with van der Waals surface area (Å²) in [6.45, 7) is 0. The highest BCUT2D eigenvalue weighted by Crippen LogP contribution is 2.22. The summed E-state index contributed by atoms with van der Waals surface area (Å²) < 4.78 is 0. The molecule has 0 radical (unpaired) electrons. The first-order valence-corrected chi connectivity index (χ1v) is 4.90. The predicted octanol–water partition coefficient (Wildman–Crippen LogP) is 1.73. The molecule has 0 N–H and O–H groups in total. The Hall–Kier alpha value is -1.07. The fourth-order valence-electron chi connectivity index (χ4n) is 0.841. The molecular formula is C7H5ClN4S. The first-order chi connectivity index (χ1) is 6.40. The van der Waals surface area contributed by atoms with Gasteiger partial charge in [-0.3, -0.25) is 0 Å². The first kappa shape index (κ1) is 8.52. The van der Waals surface area contributed by atoms with Gasteiger partial charge in [-0.2, -0.15) is 10.2 Å². The molecule has 0 saturated carbocycles. The third-order valence-electron chi connectivity index (χ3n) is 1.41. The van der Waals surface area contributed by atoms with Crippen LogP contribution in [0.1, 0.15) is 5.01 Å². The summed E-state index contributed by atoms with van der Waals surface area (Å²) in [5, 5.41) is 16.9. The summed E-state index contributed by atoms with van der Waals surface area (Å²) in [6.07, 6.45) is 3.27. The fraction of sp³-hybridized carbons (Fsp3) is 0.143. The van der Waals surface area contributed by atoms with Gasteiger partial charge in [-0.25, -0.2) is 0 Å². The van der Waals surface area contributed by atoms with E-state index in [9.17, 15) is 0 Å². The van der Waals surface area contributed by atoms with Crippen molar-refractivity contribution in [3.8, 4) is 10.6 Å². The van der Waals surface area contributed by atoms with E-state index in [1.165, 1.54) is 11.3 Å². The lowest BCUT2D eigenvalue weighted by Crippen LogP contribution is -1.81. The van der Waals surface area contributed by atoms with Gasteiger partial charge in [0.2, 0.25) is 0 Å². The summed E-state index contributed by atoms with van der Waals surface area (Å²) in [4.78, 5) is 0. The molecule has 0 aliphatic carbocycles. The van der Waals surface area contributed by atoms with Crippen LogP contribution in [-0.2, 0) is 5.88 Å². The Morgan fingerprint density at radius 2 is 2.23 bits per heavy atom. The molecule has 0 aliphatic heterocycles. The molecule has 13 heavy (non-hydrogen) atoms. The van der Waals surface area contributed by atoms with E-state index in [-0.39, 0.29) is 0 Å². The standard InChI is InChI=1S/C7H5ClN4S/c8-3-6-11-12-7(13-6)5-1-2-9-10-4-5/h1-2,4H,3H2. The number of alkyl halides is 1. The van der Waals surface area contributed by atoms with E-state index < -0.39 is 0 Å². The van der Waals surface area contributed by atoms with E-state index in [0.717, 1.165) is 15.6 Å². The average Bonchev–Trinajstić information content (AvgIpc) is 2.67. The minimum absolute atomic E-state index is 0.399. The van der Waals surface area contributed by atoms with Gasteiger partial charge in [0.25, 0.3) is 0 Å². The molecule has 6 heteroatoms. The predicted molar refractivity (Wildman–Crippen MR) is 50.5 cm³/mol. The second-order valence-corrected chi connectivity index (χ2v) is 3.60. The van der Waals surface area contributed by atoms with Crippen LogP contribution in [0.3, 0.4) is 0 Å². The van der Waals surface area contributed by atoms with E-state index in [2.05, 4.69) is 20.4 Å². The molecule has 0 spiro atoms. The largest absolute Gasteiger partial charge is 0.159 e. The zero-order valence-corrected chi connectivity index (χ0v) is 8.09. The molecule has 2 heterocycles. The van der Waals surface area contributed by atoms with Crippen LogP contribution in [0.25, 0.3) is 10.6 Å². The van der Waals surface area contributed by atoms with Crippen LogP contribution in [0, 0.1) is 0 Å². The van der Waals surface area contributed by atoms with Crippen LogP contribution in [-0.4, -0.2) is 20.4 Å². The minimum Gasteiger partial charge on any atom is -0.159 e. The molecule has 2 aromatic heterocycles. The van der Waals surface area contributed by atoms with Crippen LogP contribution in [0.5, 0.6) is 0 Å². The number of nitrogens with zero attached hydrogens (tertiary/aromatic N) is 4. The molecule has 0 aromatic carbocycles. The fourth-order valence-corrected chi connectivity index (χ4v) is 1.74. The zero-order chi connectivity index (χ0) is 9.10. The van der Waals surface area contributed by atoms with E-state index in [0.29, 0.717) is 5.88 Å². The maximum absolute atomic E-state index is 5.61. The van der Waals surface area contributed by atoms with Crippen LogP contribution in [0.2, 0.25) is 0 Å². The van der Waals surface area contributed by atoms with Gasteiger partial charge in [0, 0.05) is 5.56 Å². The molecule has 0 fully saturated rings. The highest BCUT2D eigenvalue weighted by Gasteiger charge is 2.04. The molecular weight excluding hydrogens is 208 g/mol. The Kier molecular flexibility index (Phi) is 2.47. The van der Waals surface area contributed by atoms with Crippen LogP contribution in [0.4, 0.5) is 0 Å². The van der Waals surface area contributed by atoms with E-state index >= 15 is 0 Å². The van der Waals surface area contributed by atoms with Crippen LogP contribution >= 0.6 is 22.9 Å². The van der Waals surface area contributed by atoms with E-state index in [1.54, 1.807) is 12.4 Å². The Labute approximate surface area is 83.6 Å². The van der Waals surface area contributed by atoms with Crippen molar-refractivity contribution >= 4 is 22.9 Å². The van der Waals surface area contributed by atoms with Gasteiger partial charge in [0.1, 0.15) is 10.0 Å². The molecule has 0 bridgehead atoms. The lowest BCUT2D eigenvalue weighted by molar-refractivity contribution is 1.02. The van der Waals surface area contributed by atoms with Gasteiger partial charge in [0.15, 0.2) is 0 Å². The summed E-state index contributed by atoms with van der Waals surface area (Å²) >= 11 is 7.07. The number of rotatable bonds is 2. The van der Waals surface area contributed by atoms with Crippen LogP contribution < -0.4 is 0 Å². The maximum atomic E-state index is 5.61. The highest BCUT2D eigenvalue weighted by molar-refractivity contribution is 7.14. The number of hydrogen-bond donors (Lipinski definition) is 0. The van der Waals surface area contributed by atoms with Crippen molar-refractivity contribution in [1.82, 2.24) is 20.4 Å². The van der Waals surface area contributed by atoms with Gasteiger partial charge >= 0.3 is 0 Å². The Morgan fingerprint density at radius 1 is 1.31 bits per heavy atom. The van der Waals surface area contributed by atoms with Crippen molar-refractivity contribution in [3.63, 3.8) is 0 Å². The van der Waals surface area contributed by atoms with Crippen molar-refractivity contribution in [1.29, 1.82) is 0 Å². The monoisotopic (exact) mass is 212 g/mol. The highest BCUT2D eigenvalue weighted by atomic mass is 35.5. The quantitative estimate of drug-likeness (QED) is 0.712. The normalized spacial score (nSPS) is 10.2. The lowest BCUT2D eigenvalue weighted by Gasteiger charge is -1.89. The lowest BCUT2D eigenvalue weighted by atomic mass is 10.3. The van der Waals surface area contributed by atoms with Crippen molar-refractivity contribution in [3.05, 3.63) is 23.5 Å². The van der Waals surface area contributed by atoms with Crippen molar-refractivity contribution < 1.29 is 0 Å². The van der Waals surface area contributed by atoms with Gasteiger partial charge in [0.05, 0.1) is 18.3 Å². The van der Waals surface area contributed by atoms with Crippen molar-refractivity contribution in [2.45, 2.75) is 5.88 Å². The Balaban J connectivity index is 2.36. The van der Waals surface area contributed by atoms with Crippen LogP contribution in [0.15, 0.2) is 18.5 Å². The second kappa shape index (κ2) is 3.76.